The third-order valence-corrected chi connectivity index (χ3v) is 2.62. The number of carboxylic acids is 1. The van der Waals surface area contributed by atoms with Crippen molar-refractivity contribution in [2.75, 3.05) is 19.8 Å². The van der Waals surface area contributed by atoms with E-state index in [9.17, 15) is 4.79 Å². The molecule has 4 heteroatoms. The second-order valence-corrected chi connectivity index (χ2v) is 5.12. The molecule has 0 aliphatic carbocycles. The Morgan fingerprint density at radius 2 is 1.93 bits per heavy atom. The lowest BCUT2D eigenvalue weighted by atomic mass is 9.97. The molecule has 1 fully saturated rings. The van der Waals surface area contributed by atoms with Crippen LogP contribution in [0.5, 0.6) is 0 Å². The molecule has 0 bridgehead atoms. The summed E-state index contributed by atoms with van der Waals surface area (Å²) >= 11 is 0. The largest absolute Gasteiger partial charge is 0.481 e. The number of nitrogens with zero attached hydrogens (tertiary/aromatic N) is 1. The van der Waals surface area contributed by atoms with Crippen molar-refractivity contribution in [3.05, 3.63) is 0 Å². The highest BCUT2D eigenvalue weighted by atomic mass is 16.5. The standard InChI is InChI=1S/C11H21NO3/c1-11(2,3)15-8-12-6-4-9(5-7-12)10(13)14/h9H,4-8H2,1-3H3,(H,13,14). The smallest absolute Gasteiger partial charge is 0.306 e. The molecule has 0 unspecified atom stereocenters. The molecule has 1 aliphatic heterocycles. The third-order valence-electron chi connectivity index (χ3n) is 2.62. The van der Waals surface area contributed by atoms with Gasteiger partial charge in [-0.3, -0.25) is 9.69 Å². The van der Waals surface area contributed by atoms with Gasteiger partial charge in [0, 0.05) is 13.1 Å². The molecule has 1 saturated heterocycles. The highest BCUT2D eigenvalue weighted by molar-refractivity contribution is 5.70. The minimum atomic E-state index is -0.661. The van der Waals surface area contributed by atoms with Crippen LogP contribution in [-0.4, -0.2) is 41.4 Å². The molecule has 15 heavy (non-hydrogen) atoms. The maximum atomic E-state index is 10.7. The highest BCUT2D eigenvalue weighted by Crippen LogP contribution is 2.18. The first-order valence-corrected chi connectivity index (χ1v) is 5.47. The van der Waals surface area contributed by atoms with Crippen LogP contribution in [0.25, 0.3) is 0 Å². The molecule has 0 radical (unpaired) electrons. The predicted octanol–water partition coefficient (Wildman–Crippen LogP) is 1.56. The van der Waals surface area contributed by atoms with Crippen LogP contribution < -0.4 is 0 Å². The maximum Gasteiger partial charge on any atom is 0.306 e. The summed E-state index contributed by atoms with van der Waals surface area (Å²) in [5, 5.41) is 8.83. The van der Waals surface area contributed by atoms with Crippen molar-refractivity contribution >= 4 is 5.97 Å². The van der Waals surface area contributed by atoms with Crippen molar-refractivity contribution in [3.63, 3.8) is 0 Å². The fourth-order valence-corrected chi connectivity index (χ4v) is 1.59. The summed E-state index contributed by atoms with van der Waals surface area (Å²) in [5.74, 6) is -0.817. The van der Waals surface area contributed by atoms with Crippen molar-refractivity contribution in [2.24, 2.45) is 5.92 Å². The first-order chi connectivity index (χ1) is 6.88. The molecule has 0 saturated carbocycles. The summed E-state index contributed by atoms with van der Waals surface area (Å²) in [6.45, 7) is 8.33. The van der Waals surface area contributed by atoms with E-state index >= 15 is 0 Å². The molecule has 0 amide bonds. The van der Waals surface area contributed by atoms with Crippen LogP contribution in [0.15, 0.2) is 0 Å². The molecule has 0 aromatic carbocycles. The van der Waals surface area contributed by atoms with Crippen LogP contribution in [0.4, 0.5) is 0 Å². The van der Waals surface area contributed by atoms with E-state index in [1.165, 1.54) is 0 Å². The van der Waals surface area contributed by atoms with Crippen LogP contribution >= 0.6 is 0 Å². The highest BCUT2D eigenvalue weighted by Gasteiger charge is 2.25. The number of carboxylic acid groups (broad SMARTS) is 1. The number of rotatable bonds is 3. The Hall–Kier alpha value is -0.610. The van der Waals surface area contributed by atoms with Gasteiger partial charge < -0.3 is 9.84 Å². The Morgan fingerprint density at radius 3 is 2.33 bits per heavy atom. The molecule has 0 atom stereocenters. The van der Waals surface area contributed by atoms with E-state index < -0.39 is 5.97 Å². The molecular weight excluding hydrogens is 194 g/mol. The van der Waals surface area contributed by atoms with Gasteiger partial charge in [0.1, 0.15) is 0 Å². The topological polar surface area (TPSA) is 49.8 Å². The molecular formula is C11H21NO3. The van der Waals surface area contributed by atoms with Gasteiger partial charge in [-0.25, -0.2) is 0 Å². The summed E-state index contributed by atoms with van der Waals surface area (Å²) in [4.78, 5) is 12.9. The lowest BCUT2D eigenvalue weighted by Crippen LogP contribution is -2.39. The number of likely N-dealkylation sites (tertiary alicyclic amines) is 1. The van der Waals surface area contributed by atoms with Crippen molar-refractivity contribution in [1.82, 2.24) is 4.90 Å². The number of hydrogen-bond donors (Lipinski definition) is 1. The summed E-state index contributed by atoms with van der Waals surface area (Å²) < 4.78 is 5.64. The number of piperidine rings is 1. The van der Waals surface area contributed by atoms with Crippen LogP contribution in [-0.2, 0) is 9.53 Å². The van der Waals surface area contributed by atoms with E-state index in [4.69, 9.17) is 9.84 Å². The zero-order valence-electron chi connectivity index (χ0n) is 9.82. The molecule has 1 N–H and O–H groups in total. The van der Waals surface area contributed by atoms with Gasteiger partial charge in [0.2, 0.25) is 0 Å². The molecule has 1 rings (SSSR count). The van der Waals surface area contributed by atoms with Crippen molar-refractivity contribution in [2.45, 2.75) is 39.2 Å². The van der Waals surface area contributed by atoms with Gasteiger partial charge in [0.25, 0.3) is 0 Å². The normalized spacial score (nSPS) is 20.5. The van der Waals surface area contributed by atoms with E-state index in [1.54, 1.807) is 0 Å². The van der Waals surface area contributed by atoms with Crippen molar-refractivity contribution < 1.29 is 14.6 Å². The third kappa shape index (κ3) is 4.62. The van der Waals surface area contributed by atoms with E-state index in [0.29, 0.717) is 6.73 Å². The zero-order valence-corrected chi connectivity index (χ0v) is 9.82. The second kappa shape index (κ2) is 4.94. The Labute approximate surface area is 91.2 Å². The zero-order chi connectivity index (χ0) is 11.5. The van der Waals surface area contributed by atoms with Crippen molar-refractivity contribution in [1.29, 1.82) is 0 Å². The van der Waals surface area contributed by atoms with E-state index in [0.717, 1.165) is 25.9 Å². The molecule has 0 aromatic rings. The number of ether oxygens (including phenoxy) is 1. The van der Waals surface area contributed by atoms with Gasteiger partial charge in [-0.15, -0.1) is 0 Å². The first kappa shape index (κ1) is 12.5. The minimum absolute atomic E-state index is 0.121. The van der Waals surface area contributed by atoms with Gasteiger partial charge in [-0.05, 0) is 33.6 Å². The van der Waals surface area contributed by atoms with Crippen LogP contribution in [0.3, 0.4) is 0 Å². The predicted molar refractivity (Wildman–Crippen MR) is 57.6 cm³/mol. The molecule has 1 heterocycles. The Balaban J connectivity index is 2.23. The van der Waals surface area contributed by atoms with E-state index in [1.807, 2.05) is 20.8 Å². The average Bonchev–Trinajstić information content (AvgIpc) is 2.14. The molecule has 0 aromatic heterocycles. The number of aliphatic carboxylic acids is 1. The lowest BCUT2D eigenvalue weighted by molar-refractivity contribution is -0.144. The van der Waals surface area contributed by atoms with E-state index in [2.05, 4.69) is 4.90 Å². The van der Waals surface area contributed by atoms with Gasteiger partial charge in [0.05, 0.1) is 18.2 Å². The molecule has 0 spiro atoms. The quantitative estimate of drug-likeness (QED) is 0.776. The van der Waals surface area contributed by atoms with Gasteiger partial charge in [-0.2, -0.15) is 0 Å². The average molecular weight is 215 g/mol. The maximum absolute atomic E-state index is 10.7. The summed E-state index contributed by atoms with van der Waals surface area (Å²) in [5.41, 5.74) is -0.121. The monoisotopic (exact) mass is 215 g/mol. The minimum Gasteiger partial charge on any atom is -0.481 e. The first-order valence-electron chi connectivity index (χ1n) is 5.47. The number of carbonyl (C=O) groups is 1. The summed E-state index contributed by atoms with van der Waals surface area (Å²) in [6.07, 6.45) is 1.48. The molecule has 1 aliphatic rings. The Bertz CT molecular complexity index is 214. The number of hydrogen-bond acceptors (Lipinski definition) is 3. The second-order valence-electron chi connectivity index (χ2n) is 5.12. The Kier molecular flexibility index (Phi) is 4.11. The van der Waals surface area contributed by atoms with Crippen LogP contribution in [0.2, 0.25) is 0 Å². The fraction of sp³-hybridized carbons (Fsp3) is 0.909. The fourth-order valence-electron chi connectivity index (χ4n) is 1.59. The molecule has 4 nitrogen and oxygen atoms in total. The lowest BCUT2D eigenvalue weighted by Gasteiger charge is -2.32. The Morgan fingerprint density at radius 1 is 1.40 bits per heavy atom. The van der Waals surface area contributed by atoms with E-state index in [-0.39, 0.29) is 11.5 Å². The summed E-state index contributed by atoms with van der Waals surface area (Å²) in [6, 6.07) is 0. The molecule has 88 valence electrons. The summed E-state index contributed by atoms with van der Waals surface area (Å²) in [7, 11) is 0. The van der Waals surface area contributed by atoms with Gasteiger partial charge >= 0.3 is 5.97 Å². The van der Waals surface area contributed by atoms with Gasteiger partial charge in [-0.1, -0.05) is 0 Å². The SMILES string of the molecule is CC(C)(C)OCN1CCC(C(=O)O)CC1. The van der Waals surface area contributed by atoms with Crippen LogP contribution in [0, 0.1) is 5.92 Å². The van der Waals surface area contributed by atoms with Crippen molar-refractivity contribution in [3.8, 4) is 0 Å². The van der Waals surface area contributed by atoms with Crippen LogP contribution in [0.1, 0.15) is 33.6 Å². The van der Waals surface area contributed by atoms with Gasteiger partial charge in [0.15, 0.2) is 0 Å².